The summed E-state index contributed by atoms with van der Waals surface area (Å²) in [6.07, 6.45) is 4.83. The summed E-state index contributed by atoms with van der Waals surface area (Å²) in [7, 11) is 0. The number of fused-ring (bicyclic) bond motifs is 1. The molecule has 9 nitrogen and oxygen atoms in total. The summed E-state index contributed by atoms with van der Waals surface area (Å²) < 4.78 is 20.8. The van der Waals surface area contributed by atoms with Crippen LogP contribution in [0.3, 0.4) is 0 Å². The number of benzene rings is 2. The molecule has 11 heteroatoms. The van der Waals surface area contributed by atoms with E-state index in [0.717, 1.165) is 49.4 Å². The number of esters is 1. The van der Waals surface area contributed by atoms with Crippen LogP contribution >= 0.6 is 11.3 Å². The Kier molecular flexibility index (Phi) is 7.42. The lowest BCUT2D eigenvalue weighted by molar-refractivity contribution is -0.384. The molecule has 0 amide bonds. The number of carbonyl (C=O) groups is 1. The Morgan fingerprint density at radius 3 is 2.59 bits per heavy atom. The quantitative estimate of drug-likeness (QED) is 0.262. The molecule has 2 aliphatic rings. The Bertz CT molecular complexity index is 1650. The first-order chi connectivity index (χ1) is 18.8. The van der Waals surface area contributed by atoms with Gasteiger partial charge in [-0.05, 0) is 62.9 Å². The van der Waals surface area contributed by atoms with E-state index < -0.39 is 28.3 Å². The summed E-state index contributed by atoms with van der Waals surface area (Å²) in [5.41, 5.74) is 2.05. The lowest BCUT2D eigenvalue weighted by atomic mass is 9.96. The molecule has 0 radical (unpaired) electrons. The van der Waals surface area contributed by atoms with Crippen molar-refractivity contribution in [2.75, 3.05) is 24.6 Å². The first kappa shape index (κ1) is 26.5. The van der Waals surface area contributed by atoms with E-state index in [2.05, 4.69) is 9.89 Å². The smallest absolute Gasteiger partial charge is 0.338 e. The molecule has 0 N–H and O–H groups in total. The average molecular weight is 551 g/mol. The predicted octanol–water partition coefficient (Wildman–Crippen LogP) is 3.84. The molecule has 202 valence electrons. The maximum atomic E-state index is 13.9. The zero-order chi connectivity index (χ0) is 27.7. The molecule has 5 rings (SSSR count). The third-order valence-electron chi connectivity index (χ3n) is 6.91. The highest BCUT2D eigenvalue weighted by molar-refractivity contribution is 7.07. The molecule has 1 fully saturated rings. The monoisotopic (exact) mass is 550 g/mol. The fraction of sp³-hybridized carbons (Fsp3) is 0.321. The van der Waals surface area contributed by atoms with E-state index in [0.29, 0.717) is 26.2 Å². The Hall–Kier alpha value is -4.12. The largest absolute Gasteiger partial charge is 0.463 e. The normalized spacial score (nSPS) is 17.6. The molecule has 0 saturated carbocycles. The number of hydrogen-bond donors (Lipinski definition) is 0. The highest BCUT2D eigenvalue weighted by Gasteiger charge is 2.33. The summed E-state index contributed by atoms with van der Waals surface area (Å²) >= 11 is 1.14. The van der Waals surface area contributed by atoms with E-state index in [9.17, 15) is 24.1 Å². The molecule has 0 spiro atoms. The zero-order valence-corrected chi connectivity index (χ0v) is 22.4. The van der Waals surface area contributed by atoms with Gasteiger partial charge in [0.2, 0.25) is 0 Å². The molecule has 1 aromatic heterocycles. The topological polar surface area (TPSA) is 107 Å². The maximum Gasteiger partial charge on any atom is 0.338 e. The average Bonchev–Trinajstić information content (AvgIpc) is 3.23. The standard InChI is InChI=1S/C28H27FN4O5S/c1-3-38-27(35)24-17(2)30-28-32(25(24)18-7-9-20(29)10-8-18)26(34)23(39-28)16-19-15-21(33(36)37)11-12-22(19)31-13-5-4-6-14-31/h7-12,15-16,25H,3-6,13-14H2,1-2H3/t25-/m1/s1. The Balaban J connectivity index is 1.71. The van der Waals surface area contributed by atoms with E-state index in [1.807, 2.05) is 0 Å². The van der Waals surface area contributed by atoms with Crippen LogP contribution in [0.15, 0.2) is 63.5 Å². The number of nitrogens with zero attached hydrogens (tertiary/aromatic N) is 4. The predicted molar refractivity (Wildman–Crippen MR) is 146 cm³/mol. The lowest BCUT2D eigenvalue weighted by Crippen LogP contribution is -2.40. The van der Waals surface area contributed by atoms with Gasteiger partial charge in [-0.2, -0.15) is 0 Å². The number of anilines is 1. The first-order valence-corrected chi connectivity index (χ1v) is 13.6. The van der Waals surface area contributed by atoms with Gasteiger partial charge in [-0.25, -0.2) is 14.2 Å². The molecule has 1 atom stereocenters. The molecule has 39 heavy (non-hydrogen) atoms. The van der Waals surface area contributed by atoms with Crippen LogP contribution in [0, 0.1) is 15.9 Å². The number of piperidine rings is 1. The van der Waals surface area contributed by atoms with Crippen molar-refractivity contribution in [3.05, 3.63) is 100 Å². The molecule has 0 unspecified atom stereocenters. The van der Waals surface area contributed by atoms with Crippen LogP contribution in [0.5, 0.6) is 0 Å². The summed E-state index contributed by atoms with van der Waals surface area (Å²) in [4.78, 5) is 45.1. The van der Waals surface area contributed by atoms with E-state index in [-0.39, 0.29) is 17.9 Å². The van der Waals surface area contributed by atoms with Gasteiger partial charge in [0.05, 0.1) is 33.4 Å². The van der Waals surface area contributed by atoms with E-state index in [4.69, 9.17) is 4.74 Å². The van der Waals surface area contributed by atoms with Crippen molar-refractivity contribution in [2.24, 2.45) is 4.99 Å². The summed E-state index contributed by atoms with van der Waals surface area (Å²) in [6, 6.07) is 9.44. The van der Waals surface area contributed by atoms with Crippen LogP contribution in [0.4, 0.5) is 15.8 Å². The second kappa shape index (κ2) is 10.9. The molecule has 3 aromatic rings. The number of allylic oxidation sites excluding steroid dienone is 1. The van der Waals surface area contributed by atoms with Gasteiger partial charge in [-0.1, -0.05) is 23.5 Å². The Morgan fingerprint density at radius 2 is 1.92 bits per heavy atom. The van der Waals surface area contributed by atoms with Crippen LogP contribution in [-0.2, 0) is 9.53 Å². The molecule has 3 heterocycles. The van der Waals surface area contributed by atoms with Gasteiger partial charge in [0.1, 0.15) is 5.82 Å². The van der Waals surface area contributed by atoms with Crippen molar-refractivity contribution in [3.8, 4) is 0 Å². The lowest BCUT2D eigenvalue weighted by Gasteiger charge is -2.30. The van der Waals surface area contributed by atoms with E-state index in [1.165, 1.54) is 41.0 Å². The van der Waals surface area contributed by atoms with Crippen LogP contribution in [0.25, 0.3) is 6.08 Å². The van der Waals surface area contributed by atoms with Crippen molar-refractivity contribution in [1.29, 1.82) is 0 Å². The molecule has 0 aliphatic carbocycles. The van der Waals surface area contributed by atoms with Crippen molar-refractivity contribution in [3.63, 3.8) is 0 Å². The SMILES string of the molecule is CCOC(=O)C1=C(C)N=c2sc(=Cc3cc([N+](=O)[O-])ccc3N3CCCCC3)c(=O)n2[C@@H]1c1ccc(F)cc1. The van der Waals surface area contributed by atoms with Crippen molar-refractivity contribution in [2.45, 2.75) is 39.2 Å². The maximum absolute atomic E-state index is 13.9. The van der Waals surface area contributed by atoms with E-state index in [1.54, 1.807) is 26.0 Å². The van der Waals surface area contributed by atoms with Crippen LogP contribution < -0.4 is 19.8 Å². The molecular weight excluding hydrogens is 523 g/mol. The number of nitro benzene ring substituents is 1. The number of thiazole rings is 1. The van der Waals surface area contributed by atoms with Crippen LogP contribution in [0.1, 0.15) is 50.3 Å². The first-order valence-electron chi connectivity index (χ1n) is 12.8. The minimum atomic E-state index is -0.866. The Morgan fingerprint density at radius 1 is 1.21 bits per heavy atom. The Labute approximate surface area is 227 Å². The summed E-state index contributed by atoms with van der Waals surface area (Å²) in [6.45, 7) is 5.16. The third-order valence-corrected chi connectivity index (χ3v) is 7.89. The number of rotatable bonds is 6. The number of non-ortho nitro benzene ring substituents is 1. The second-order valence-electron chi connectivity index (χ2n) is 9.40. The number of hydrogen-bond acceptors (Lipinski definition) is 8. The number of aromatic nitrogens is 1. The van der Waals surface area contributed by atoms with Gasteiger partial charge in [0.25, 0.3) is 11.2 Å². The number of halogens is 1. The number of nitro groups is 1. The molecule has 2 aromatic carbocycles. The van der Waals surface area contributed by atoms with Gasteiger partial charge < -0.3 is 9.64 Å². The van der Waals surface area contributed by atoms with Gasteiger partial charge in [0, 0.05) is 36.5 Å². The molecular formula is C28H27FN4O5S. The fourth-order valence-corrected chi connectivity index (χ4v) is 6.12. The fourth-order valence-electron chi connectivity index (χ4n) is 5.09. The molecule has 0 bridgehead atoms. The minimum Gasteiger partial charge on any atom is -0.463 e. The third kappa shape index (κ3) is 5.14. The van der Waals surface area contributed by atoms with E-state index >= 15 is 0 Å². The molecule has 1 saturated heterocycles. The molecule has 2 aliphatic heterocycles. The van der Waals surface area contributed by atoms with Crippen molar-refractivity contribution in [1.82, 2.24) is 4.57 Å². The minimum absolute atomic E-state index is 0.0700. The number of ether oxygens (including phenoxy) is 1. The zero-order valence-electron chi connectivity index (χ0n) is 21.6. The van der Waals surface area contributed by atoms with Crippen molar-refractivity contribution >= 4 is 34.8 Å². The highest BCUT2D eigenvalue weighted by Crippen LogP contribution is 2.31. The van der Waals surface area contributed by atoms with Gasteiger partial charge in [0.15, 0.2) is 4.80 Å². The summed E-state index contributed by atoms with van der Waals surface area (Å²) in [5.74, 6) is -1.05. The second-order valence-corrected chi connectivity index (χ2v) is 10.4. The highest BCUT2D eigenvalue weighted by atomic mass is 32.1. The van der Waals surface area contributed by atoms with Gasteiger partial charge >= 0.3 is 5.97 Å². The van der Waals surface area contributed by atoms with Gasteiger partial charge in [-0.15, -0.1) is 0 Å². The van der Waals surface area contributed by atoms with Crippen LogP contribution in [-0.4, -0.2) is 35.2 Å². The van der Waals surface area contributed by atoms with Crippen molar-refractivity contribution < 1.29 is 18.8 Å². The number of carbonyl (C=O) groups excluding carboxylic acids is 1. The van der Waals surface area contributed by atoms with Crippen LogP contribution in [0.2, 0.25) is 0 Å². The summed E-state index contributed by atoms with van der Waals surface area (Å²) in [5, 5.41) is 11.6. The van der Waals surface area contributed by atoms with Gasteiger partial charge in [-0.3, -0.25) is 19.5 Å².